The van der Waals surface area contributed by atoms with Crippen LogP contribution in [0.4, 0.5) is 20.2 Å². The van der Waals surface area contributed by atoms with Crippen molar-refractivity contribution in [1.29, 1.82) is 0 Å². The lowest BCUT2D eigenvalue weighted by atomic mass is 10.1. The number of benzene rings is 1. The summed E-state index contributed by atoms with van der Waals surface area (Å²) in [5.41, 5.74) is 5.72. The van der Waals surface area contributed by atoms with Crippen LogP contribution >= 0.6 is 0 Å². The van der Waals surface area contributed by atoms with Gasteiger partial charge in [-0.05, 0) is 6.07 Å². The fourth-order valence-electron chi connectivity index (χ4n) is 1.83. The molecule has 4 nitrogen and oxygen atoms in total. The Morgan fingerprint density at radius 3 is 2.81 bits per heavy atom. The van der Waals surface area contributed by atoms with Crippen molar-refractivity contribution in [2.24, 2.45) is 5.73 Å². The summed E-state index contributed by atoms with van der Waals surface area (Å²) in [7, 11) is 1.55. The van der Waals surface area contributed by atoms with Crippen LogP contribution in [0, 0.1) is 11.6 Å². The molecular weight excluding hydrogens is 216 g/mol. The van der Waals surface area contributed by atoms with Gasteiger partial charge in [-0.15, -0.1) is 0 Å². The van der Waals surface area contributed by atoms with E-state index >= 15 is 0 Å². The smallest absolute Gasteiger partial charge is 0.248 e. The quantitative estimate of drug-likeness (QED) is 0.741. The van der Waals surface area contributed by atoms with Crippen molar-refractivity contribution >= 4 is 17.3 Å². The lowest BCUT2D eigenvalue weighted by molar-refractivity contribution is -0.117. The van der Waals surface area contributed by atoms with Crippen LogP contribution in [0.5, 0.6) is 0 Å². The maximum atomic E-state index is 13.5. The second-order valence-electron chi connectivity index (χ2n) is 3.64. The summed E-state index contributed by atoms with van der Waals surface area (Å²) < 4.78 is 26.5. The van der Waals surface area contributed by atoms with Crippen molar-refractivity contribution in [3.63, 3.8) is 0 Å². The molecule has 0 saturated heterocycles. The van der Waals surface area contributed by atoms with E-state index in [-0.39, 0.29) is 23.8 Å². The molecule has 1 aliphatic rings. The van der Waals surface area contributed by atoms with E-state index in [4.69, 9.17) is 5.73 Å². The number of halogens is 2. The molecule has 1 heterocycles. The summed E-state index contributed by atoms with van der Waals surface area (Å²) in [5.74, 6) is -1.80. The molecule has 6 heteroatoms. The first kappa shape index (κ1) is 10.8. The molecule has 3 N–H and O–H groups in total. The van der Waals surface area contributed by atoms with Crippen molar-refractivity contribution in [1.82, 2.24) is 0 Å². The summed E-state index contributed by atoms with van der Waals surface area (Å²) in [6, 6.07) is 1.23. The van der Waals surface area contributed by atoms with E-state index in [1.54, 1.807) is 7.05 Å². The van der Waals surface area contributed by atoms with E-state index in [1.165, 1.54) is 4.90 Å². The Labute approximate surface area is 91.0 Å². The summed E-state index contributed by atoms with van der Waals surface area (Å²) in [5, 5.41) is 2.43. The van der Waals surface area contributed by atoms with Crippen molar-refractivity contribution in [2.75, 3.05) is 23.8 Å². The summed E-state index contributed by atoms with van der Waals surface area (Å²) >= 11 is 0. The number of carbonyl (C=O) groups excluding carboxylic acids is 1. The number of carbonyl (C=O) groups is 1. The molecule has 1 aromatic rings. The minimum absolute atomic E-state index is 0.0680. The van der Waals surface area contributed by atoms with Gasteiger partial charge < -0.3 is 16.0 Å². The third-order valence-electron chi connectivity index (χ3n) is 2.63. The average Bonchev–Trinajstić information content (AvgIpc) is 2.15. The highest BCUT2D eigenvalue weighted by Crippen LogP contribution is 2.34. The molecule has 0 fully saturated rings. The zero-order valence-corrected chi connectivity index (χ0v) is 8.63. The standard InChI is InChI=1S/C10H11F2N3O/c1-15-8(4-13)10(16)14-7-3-5(11)2-6(12)9(7)15/h2-3,8H,4,13H2,1H3,(H,14,16). The Bertz CT molecular complexity index is 450. The monoisotopic (exact) mass is 227 g/mol. The number of likely N-dealkylation sites (N-methyl/N-ethyl adjacent to an activating group) is 1. The van der Waals surface area contributed by atoms with Crippen molar-refractivity contribution in [3.05, 3.63) is 23.8 Å². The largest absolute Gasteiger partial charge is 0.358 e. The number of amides is 1. The van der Waals surface area contributed by atoms with Gasteiger partial charge in [0.2, 0.25) is 5.91 Å². The lowest BCUT2D eigenvalue weighted by Gasteiger charge is -2.34. The van der Waals surface area contributed by atoms with Crippen LogP contribution in [-0.2, 0) is 4.79 Å². The van der Waals surface area contributed by atoms with E-state index in [1.807, 2.05) is 0 Å². The van der Waals surface area contributed by atoms with Crippen LogP contribution in [0.1, 0.15) is 0 Å². The fourth-order valence-corrected chi connectivity index (χ4v) is 1.83. The lowest BCUT2D eigenvalue weighted by Crippen LogP contribution is -2.50. The van der Waals surface area contributed by atoms with Gasteiger partial charge in [0.1, 0.15) is 11.9 Å². The SMILES string of the molecule is CN1c2c(F)cc(F)cc2NC(=O)C1CN. The van der Waals surface area contributed by atoms with Crippen LogP contribution in [0.25, 0.3) is 0 Å². The van der Waals surface area contributed by atoms with Gasteiger partial charge in [0.05, 0.1) is 11.4 Å². The van der Waals surface area contributed by atoms with Gasteiger partial charge in [-0.25, -0.2) is 8.78 Å². The Morgan fingerprint density at radius 1 is 1.50 bits per heavy atom. The number of hydrogen-bond donors (Lipinski definition) is 2. The molecule has 0 saturated carbocycles. The number of fused-ring (bicyclic) bond motifs is 1. The van der Waals surface area contributed by atoms with E-state index in [0.29, 0.717) is 0 Å². The summed E-state index contributed by atoms with van der Waals surface area (Å²) in [6.07, 6.45) is 0. The molecule has 1 amide bonds. The fraction of sp³-hybridized carbons (Fsp3) is 0.300. The van der Waals surface area contributed by atoms with Crippen molar-refractivity contribution in [2.45, 2.75) is 6.04 Å². The minimum atomic E-state index is -0.726. The first-order valence-corrected chi connectivity index (χ1v) is 4.77. The zero-order valence-electron chi connectivity index (χ0n) is 8.63. The Balaban J connectivity index is 2.55. The Hall–Kier alpha value is -1.69. The highest BCUT2D eigenvalue weighted by Gasteiger charge is 2.31. The van der Waals surface area contributed by atoms with E-state index < -0.39 is 17.7 Å². The van der Waals surface area contributed by atoms with Gasteiger partial charge in [-0.3, -0.25) is 4.79 Å². The van der Waals surface area contributed by atoms with Gasteiger partial charge >= 0.3 is 0 Å². The van der Waals surface area contributed by atoms with Gasteiger partial charge in [-0.2, -0.15) is 0 Å². The van der Waals surface area contributed by atoms with Gasteiger partial charge in [0.15, 0.2) is 5.82 Å². The molecule has 0 spiro atoms. The second-order valence-corrected chi connectivity index (χ2v) is 3.64. The molecule has 2 rings (SSSR count). The van der Waals surface area contributed by atoms with E-state index in [9.17, 15) is 13.6 Å². The first-order valence-electron chi connectivity index (χ1n) is 4.77. The average molecular weight is 227 g/mol. The van der Waals surface area contributed by atoms with Crippen molar-refractivity contribution < 1.29 is 13.6 Å². The van der Waals surface area contributed by atoms with Crippen LogP contribution in [0.15, 0.2) is 12.1 Å². The normalized spacial score (nSPS) is 19.4. The number of anilines is 2. The topological polar surface area (TPSA) is 58.4 Å². The second kappa shape index (κ2) is 3.71. The number of rotatable bonds is 1. The maximum absolute atomic E-state index is 13.5. The first-order chi connectivity index (χ1) is 7.54. The molecule has 1 atom stereocenters. The van der Waals surface area contributed by atoms with Crippen LogP contribution < -0.4 is 16.0 Å². The zero-order chi connectivity index (χ0) is 11.9. The molecule has 1 aliphatic heterocycles. The molecule has 1 unspecified atom stereocenters. The third-order valence-corrected chi connectivity index (χ3v) is 2.63. The maximum Gasteiger partial charge on any atom is 0.248 e. The van der Waals surface area contributed by atoms with Crippen LogP contribution in [0.3, 0.4) is 0 Å². The summed E-state index contributed by atoms with van der Waals surface area (Å²) in [4.78, 5) is 13.0. The van der Waals surface area contributed by atoms with E-state index in [2.05, 4.69) is 5.32 Å². The molecule has 0 aliphatic carbocycles. The Kier molecular flexibility index (Phi) is 2.51. The van der Waals surface area contributed by atoms with Gasteiger partial charge in [-0.1, -0.05) is 0 Å². The molecule has 86 valence electrons. The molecule has 16 heavy (non-hydrogen) atoms. The van der Waals surface area contributed by atoms with Gasteiger partial charge in [0.25, 0.3) is 0 Å². The molecular formula is C10H11F2N3O. The minimum Gasteiger partial charge on any atom is -0.358 e. The predicted molar refractivity (Wildman–Crippen MR) is 56.2 cm³/mol. The number of hydrogen-bond acceptors (Lipinski definition) is 3. The van der Waals surface area contributed by atoms with Crippen molar-refractivity contribution in [3.8, 4) is 0 Å². The molecule has 0 radical (unpaired) electrons. The third kappa shape index (κ3) is 1.51. The highest BCUT2D eigenvalue weighted by atomic mass is 19.1. The van der Waals surface area contributed by atoms with E-state index in [0.717, 1.165) is 12.1 Å². The van der Waals surface area contributed by atoms with Crippen LogP contribution in [0.2, 0.25) is 0 Å². The predicted octanol–water partition coefficient (Wildman–Crippen LogP) is 0.680. The molecule has 0 aromatic heterocycles. The highest BCUT2D eigenvalue weighted by molar-refractivity contribution is 6.03. The van der Waals surface area contributed by atoms with Crippen LogP contribution in [-0.4, -0.2) is 25.5 Å². The summed E-state index contributed by atoms with van der Waals surface area (Å²) in [6.45, 7) is 0.0680. The molecule has 0 bridgehead atoms. The van der Waals surface area contributed by atoms with Gasteiger partial charge in [0, 0.05) is 19.7 Å². The molecule has 1 aromatic carbocycles. The number of nitrogens with zero attached hydrogens (tertiary/aromatic N) is 1. The number of nitrogens with two attached hydrogens (primary N) is 1. The number of nitrogens with one attached hydrogen (secondary N) is 1. The Morgan fingerprint density at radius 2 is 2.19 bits per heavy atom.